The van der Waals surface area contributed by atoms with E-state index in [1.54, 1.807) is 0 Å². The maximum atomic E-state index is 5.66. The number of hydrogen-bond donors (Lipinski definition) is 1. The van der Waals surface area contributed by atoms with Gasteiger partial charge in [0, 0.05) is 12.1 Å². The highest BCUT2D eigenvalue weighted by atomic mass is 16.5. The van der Waals surface area contributed by atoms with E-state index in [0.29, 0.717) is 6.10 Å². The van der Waals surface area contributed by atoms with Gasteiger partial charge in [0.2, 0.25) is 0 Å². The summed E-state index contributed by atoms with van der Waals surface area (Å²) < 4.78 is 5.66. The van der Waals surface area contributed by atoms with Crippen molar-refractivity contribution in [3.05, 3.63) is 0 Å². The van der Waals surface area contributed by atoms with Crippen LogP contribution in [-0.2, 0) is 4.74 Å². The van der Waals surface area contributed by atoms with Gasteiger partial charge in [-0.05, 0) is 47.1 Å². The van der Waals surface area contributed by atoms with Crippen molar-refractivity contribution >= 4 is 0 Å². The zero-order valence-electron chi connectivity index (χ0n) is 10.5. The van der Waals surface area contributed by atoms with Crippen LogP contribution in [0.15, 0.2) is 0 Å². The van der Waals surface area contributed by atoms with E-state index in [4.69, 9.17) is 4.74 Å². The van der Waals surface area contributed by atoms with Gasteiger partial charge in [0.1, 0.15) is 0 Å². The summed E-state index contributed by atoms with van der Waals surface area (Å²) in [6, 6.07) is 0. The van der Waals surface area contributed by atoms with E-state index >= 15 is 0 Å². The van der Waals surface area contributed by atoms with E-state index in [1.165, 1.54) is 12.8 Å². The van der Waals surface area contributed by atoms with Crippen LogP contribution in [0, 0.1) is 0 Å². The van der Waals surface area contributed by atoms with Crippen LogP contribution in [-0.4, -0.2) is 24.8 Å². The van der Waals surface area contributed by atoms with Gasteiger partial charge in [-0.2, -0.15) is 0 Å². The van der Waals surface area contributed by atoms with Gasteiger partial charge in [0.15, 0.2) is 0 Å². The molecule has 14 heavy (non-hydrogen) atoms. The van der Waals surface area contributed by atoms with Gasteiger partial charge in [-0.25, -0.2) is 0 Å². The second kappa shape index (κ2) is 7.24. The first-order valence-electron chi connectivity index (χ1n) is 5.82. The van der Waals surface area contributed by atoms with Crippen LogP contribution in [0.1, 0.15) is 53.9 Å². The second-order valence-electron chi connectivity index (χ2n) is 5.00. The standard InChI is InChI=1S/C12H27NO/c1-6-8-11(2)14-10-7-9-13-12(3,4)5/h11,13H,6-10H2,1-5H3. The molecular formula is C12H27NO. The average Bonchev–Trinajstić information content (AvgIpc) is 2.02. The lowest BCUT2D eigenvalue weighted by molar-refractivity contribution is 0.0576. The largest absolute Gasteiger partial charge is 0.378 e. The van der Waals surface area contributed by atoms with Crippen molar-refractivity contribution in [2.75, 3.05) is 13.2 Å². The van der Waals surface area contributed by atoms with Crippen molar-refractivity contribution in [1.29, 1.82) is 0 Å². The Bertz CT molecular complexity index is 129. The van der Waals surface area contributed by atoms with Gasteiger partial charge in [0.05, 0.1) is 6.10 Å². The molecule has 0 spiro atoms. The van der Waals surface area contributed by atoms with Crippen LogP contribution in [0.2, 0.25) is 0 Å². The third-order valence-corrected chi connectivity index (χ3v) is 2.07. The molecule has 0 saturated carbocycles. The Balaban J connectivity index is 3.21. The van der Waals surface area contributed by atoms with E-state index in [9.17, 15) is 0 Å². The van der Waals surface area contributed by atoms with E-state index in [1.807, 2.05) is 0 Å². The summed E-state index contributed by atoms with van der Waals surface area (Å²) in [4.78, 5) is 0. The summed E-state index contributed by atoms with van der Waals surface area (Å²) in [7, 11) is 0. The molecule has 0 amide bonds. The van der Waals surface area contributed by atoms with E-state index in [2.05, 4.69) is 39.9 Å². The number of nitrogens with one attached hydrogen (secondary N) is 1. The van der Waals surface area contributed by atoms with Gasteiger partial charge >= 0.3 is 0 Å². The Morgan fingerprint density at radius 1 is 1.29 bits per heavy atom. The molecule has 0 rings (SSSR count). The maximum absolute atomic E-state index is 5.66. The lowest BCUT2D eigenvalue weighted by Gasteiger charge is -2.20. The molecule has 0 aromatic carbocycles. The number of hydrogen-bond acceptors (Lipinski definition) is 2. The first-order chi connectivity index (χ1) is 6.45. The van der Waals surface area contributed by atoms with Crippen molar-refractivity contribution in [1.82, 2.24) is 5.32 Å². The molecule has 0 bridgehead atoms. The third-order valence-electron chi connectivity index (χ3n) is 2.07. The van der Waals surface area contributed by atoms with Crippen LogP contribution < -0.4 is 5.32 Å². The number of rotatable bonds is 7. The van der Waals surface area contributed by atoms with Crippen LogP contribution in [0.5, 0.6) is 0 Å². The van der Waals surface area contributed by atoms with Crippen molar-refractivity contribution in [2.45, 2.75) is 65.5 Å². The molecule has 0 aliphatic carbocycles. The fourth-order valence-electron chi connectivity index (χ4n) is 1.31. The van der Waals surface area contributed by atoms with Gasteiger partial charge < -0.3 is 10.1 Å². The van der Waals surface area contributed by atoms with Gasteiger partial charge in [-0.1, -0.05) is 13.3 Å². The third kappa shape index (κ3) is 10.0. The zero-order valence-corrected chi connectivity index (χ0v) is 10.5. The summed E-state index contributed by atoms with van der Waals surface area (Å²) in [6.07, 6.45) is 3.91. The first kappa shape index (κ1) is 13.9. The zero-order chi connectivity index (χ0) is 11.0. The average molecular weight is 201 g/mol. The van der Waals surface area contributed by atoms with E-state index in [-0.39, 0.29) is 5.54 Å². The molecule has 1 unspecified atom stereocenters. The minimum Gasteiger partial charge on any atom is -0.378 e. The smallest absolute Gasteiger partial charge is 0.0546 e. The Labute approximate surface area is 89.4 Å². The van der Waals surface area contributed by atoms with Crippen molar-refractivity contribution in [2.24, 2.45) is 0 Å². The summed E-state index contributed by atoms with van der Waals surface area (Å²) in [5, 5.41) is 3.45. The molecule has 1 N–H and O–H groups in total. The highest BCUT2D eigenvalue weighted by Crippen LogP contribution is 2.02. The Morgan fingerprint density at radius 3 is 2.43 bits per heavy atom. The fourth-order valence-corrected chi connectivity index (χ4v) is 1.31. The molecule has 0 fully saturated rings. The minimum atomic E-state index is 0.231. The molecule has 0 radical (unpaired) electrons. The quantitative estimate of drug-likeness (QED) is 0.639. The highest BCUT2D eigenvalue weighted by Gasteiger charge is 2.07. The van der Waals surface area contributed by atoms with Crippen LogP contribution in [0.25, 0.3) is 0 Å². The normalized spacial score (nSPS) is 14.4. The maximum Gasteiger partial charge on any atom is 0.0546 e. The molecule has 86 valence electrons. The molecule has 0 heterocycles. The Morgan fingerprint density at radius 2 is 1.93 bits per heavy atom. The van der Waals surface area contributed by atoms with Crippen molar-refractivity contribution < 1.29 is 4.74 Å². The SMILES string of the molecule is CCCC(C)OCCCNC(C)(C)C. The molecule has 0 aromatic rings. The lowest BCUT2D eigenvalue weighted by Crippen LogP contribution is -2.36. The first-order valence-corrected chi connectivity index (χ1v) is 5.82. The van der Waals surface area contributed by atoms with Gasteiger partial charge in [0.25, 0.3) is 0 Å². The summed E-state index contributed by atoms with van der Waals surface area (Å²) in [5.74, 6) is 0. The fraction of sp³-hybridized carbons (Fsp3) is 1.00. The van der Waals surface area contributed by atoms with Crippen molar-refractivity contribution in [3.8, 4) is 0 Å². The van der Waals surface area contributed by atoms with E-state index < -0.39 is 0 Å². The summed E-state index contributed by atoms with van der Waals surface area (Å²) >= 11 is 0. The molecule has 0 aliphatic heterocycles. The Kier molecular flexibility index (Phi) is 7.20. The van der Waals surface area contributed by atoms with Gasteiger partial charge in [-0.15, -0.1) is 0 Å². The Hall–Kier alpha value is -0.0800. The highest BCUT2D eigenvalue weighted by molar-refractivity contribution is 4.69. The van der Waals surface area contributed by atoms with Crippen LogP contribution in [0.4, 0.5) is 0 Å². The molecule has 0 aromatic heterocycles. The second-order valence-corrected chi connectivity index (χ2v) is 5.00. The lowest BCUT2D eigenvalue weighted by atomic mass is 10.1. The van der Waals surface area contributed by atoms with Crippen LogP contribution in [0.3, 0.4) is 0 Å². The predicted octanol–water partition coefficient (Wildman–Crippen LogP) is 2.97. The number of ether oxygens (including phenoxy) is 1. The molecule has 1 atom stereocenters. The van der Waals surface area contributed by atoms with E-state index in [0.717, 1.165) is 19.6 Å². The molecular weight excluding hydrogens is 174 g/mol. The van der Waals surface area contributed by atoms with Crippen molar-refractivity contribution in [3.63, 3.8) is 0 Å². The predicted molar refractivity (Wildman–Crippen MR) is 62.7 cm³/mol. The molecule has 0 aliphatic rings. The molecule has 2 heteroatoms. The summed E-state index contributed by atoms with van der Waals surface area (Å²) in [6.45, 7) is 12.8. The molecule has 0 saturated heterocycles. The minimum absolute atomic E-state index is 0.231. The summed E-state index contributed by atoms with van der Waals surface area (Å²) in [5.41, 5.74) is 0.231. The van der Waals surface area contributed by atoms with Crippen LogP contribution >= 0.6 is 0 Å². The molecule has 2 nitrogen and oxygen atoms in total. The topological polar surface area (TPSA) is 21.3 Å². The van der Waals surface area contributed by atoms with Gasteiger partial charge in [-0.3, -0.25) is 0 Å². The monoisotopic (exact) mass is 201 g/mol.